The molecule has 0 aliphatic carbocycles. The maximum absolute atomic E-state index is 10.8. The highest BCUT2D eigenvalue weighted by Crippen LogP contribution is 2.37. The molecule has 3 rings (SSSR count). The van der Waals surface area contributed by atoms with Crippen LogP contribution in [-0.2, 0) is 0 Å². The Hall–Kier alpha value is -3.13. The molecule has 3 aromatic rings. The molecule has 0 unspecified atom stereocenters. The summed E-state index contributed by atoms with van der Waals surface area (Å²) < 4.78 is 11.0. The fraction of sp³-hybridized carbons (Fsp3) is 0.118. The molecular weight excluding hydrogens is 344 g/mol. The van der Waals surface area contributed by atoms with Crippen LogP contribution in [0.3, 0.4) is 0 Å². The zero-order chi connectivity index (χ0) is 18.0. The summed E-state index contributed by atoms with van der Waals surface area (Å²) in [6.45, 7) is 0. The Morgan fingerprint density at radius 2 is 1.84 bits per heavy atom. The molecule has 1 N–H and O–H groups in total. The molecule has 8 heteroatoms. The summed E-state index contributed by atoms with van der Waals surface area (Å²) in [5.41, 5.74) is 1.51. The third-order valence-corrected chi connectivity index (χ3v) is 4.50. The Labute approximate surface area is 146 Å². The van der Waals surface area contributed by atoms with E-state index in [0.717, 1.165) is 10.3 Å². The maximum Gasteiger partial charge on any atom is 0.270 e. The van der Waals surface area contributed by atoms with Gasteiger partial charge in [-0.2, -0.15) is 0 Å². The molecule has 2 aromatic carbocycles. The van der Waals surface area contributed by atoms with Gasteiger partial charge in [-0.1, -0.05) is 6.08 Å². The highest BCUT2D eigenvalue weighted by molar-refractivity contribution is 7.19. The third kappa shape index (κ3) is 3.38. The van der Waals surface area contributed by atoms with Crippen LogP contribution in [0.25, 0.3) is 22.4 Å². The Kier molecular flexibility index (Phi) is 4.53. The van der Waals surface area contributed by atoms with Gasteiger partial charge >= 0.3 is 0 Å². The van der Waals surface area contributed by atoms with Gasteiger partial charge in [0.25, 0.3) is 5.69 Å². The normalized spacial score (nSPS) is 11.1. The van der Waals surface area contributed by atoms with Crippen molar-refractivity contribution in [2.24, 2.45) is 0 Å². The molecule has 0 aliphatic rings. The van der Waals surface area contributed by atoms with Crippen molar-refractivity contribution in [1.29, 1.82) is 0 Å². The third-order valence-electron chi connectivity index (χ3n) is 3.52. The molecule has 0 amide bonds. The lowest BCUT2D eigenvalue weighted by molar-refractivity contribution is -0.384. The highest BCUT2D eigenvalue weighted by atomic mass is 32.1. The van der Waals surface area contributed by atoms with Crippen molar-refractivity contribution in [3.8, 4) is 17.2 Å². The number of phenolic OH excluding ortho intramolecular Hbond substituents is 1. The van der Waals surface area contributed by atoms with E-state index >= 15 is 0 Å². The van der Waals surface area contributed by atoms with Gasteiger partial charge in [0, 0.05) is 12.1 Å². The number of aromatic hydroxyl groups is 1. The fourth-order valence-corrected chi connectivity index (χ4v) is 3.20. The van der Waals surface area contributed by atoms with Gasteiger partial charge in [0.05, 0.1) is 29.4 Å². The summed E-state index contributed by atoms with van der Waals surface area (Å²) in [6, 6.07) is 7.93. The summed E-state index contributed by atoms with van der Waals surface area (Å²) in [5, 5.41) is 21.5. The topological polar surface area (TPSA) is 94.7 Å². The van der Waals surface area contributed by atoms with Gasteiger partial charge in [0.15, 0.2) is 11.5 Å². The number of phenols is 1. The second-order valence-corrected chi connectivity index (χ2v) is 6.13. The van der Waals surface area contributed by atoms with E-state index in [1.807, 2.05) is 0 Å². The van der Waals surface area contributed by atoms with Crippen LogP contribution < -0.4 is 9.47 Å². The van der Waals surface area contributed by atoms with Crippen molar-refractivity contribution < 1.29 is 19.5 Å². The van der Waals surface area contributed by atoms with Crippen molar-refractivity contribution in [2.75, 3.05) is 14.2 Å². The van der Waals surface area contributed by atoms with E-state index in [0.29, 0.717) is 22.0 Å². The number of benzene rings is 2. The first-order chi connectivity index (χ1) is 12.0. The van der Waals surface area contributed by atoms with E-state index in [1.165, 1.54) is 37.7 Å². The molecule has 0 saturated carbocycles. The number of nitrogens with zero attached hydrogens (tertiary/aromatic N) is 2. The minimum atomic E-state index is -0.427. The Balaban J connectivity index is 1.94. The van der Waals surface area contributed by atoms with Crippen LogP contribution in [-0.4, -0.2) is 29.2 Å². The minimum Gasteiger partial charge on any atom is -0.502 e. The molecule has 0 aliphatic heterocycles. The number of methoxy groups -OCH3 is 2. The highest BCUT2D eigenvalue weighted by Gasteiger charge is 2.11. The van der Waals surface area contributed by atoms with Crippen LogP contribution in [0.15, 0.2) is 30.3 Å². The van der Waals surface area contributed by atoms with Crippen LogP contribution >= 0.6 is 11.3 Å². The SMILES string of the molecule is COc1cc(/C=C/c2nc3ccc([N+](=O)[O-])cc3s2)cc(OC)c1O. The average molecular weight is 358 g/mol. The second-order valence-electron chi connectivity index (χ2n) is 5.07. The number of rotatable bonds is 5. The predicted octanol–water partition coefficient (Wildman–Crippen LogP) is 4.10. The number of aromatic nitrogens is 1. The summed E-state index contributed by atoms with van der Waals surface area (Å²) in [5.74, 6) is 0.548. The van der Waals surface area contributed by atoms with Crippen molar-refractivity contribution in [3.63, 3.8) is 0 Å². The fourth-order valence-electron chi connectivity index (χ4n) is 2.29. The molecule has 0 saturated heterocycles. The minimum absolute atomic E-state index is 0.0414. The van der Waals surface area contributed by atoms with Gasteiger partial charge in [0.2, 0.25) is 5.75 Å². The number of thiazole rings is 1. The zero-order valence-electron chi connectivity index (χ0n) is 13.4. The van der Waals surface area contributed by atoms with Crippen LogP contribution in [0.2, 0.25) is 0 Å². The summed E-state index contributed by atoms with van der Waals surface area (Å²) in [7, 11) is 2.92. The zero-order valence-corrected chi connectivity index (χ0v) is 14.2. The number of ether oxygens (including phenoxy) is 2. The summed E-state index contributed by atoms with van der Waals surface area (Å²) in [4.78, 5) is 14.8. The van der Waals surface area contributed by atoms with Gasteiger partial charge in [-0.25, -0.2) is 4.98 Å². The lowest BCUT2D eigenvalue weighted by Crippen LogP contribution is -1.90. The predicted molar refractivity (Wildman–Crippen MR) is 96.4 cm³/mol. The molecule has 25 heavy (non-hydrogen) atoms. The number of nitro benzene ring substituents is 1. The Morgan fingerprint density at radius 1 is 1.16 bits per heavy atom. The van der Waals surface area contributed by atoms with Gasteiger partial charge in [-0.3, -0.25) is 10.1 Å². The van der Waals surface area contributed by atoms with Gasteiger partial charge in [-0.05, 0) is 29.8 Å². The van der Waals surface area contributed by atoms with E-state index in [9.17, 15) is 15.2 Å². The quantitative estimate of drug-likeness (QED) is 0.545. The van der Waals surface area contributed by atoms with E-state index in [4.69, 9.17) is 9.47 Å². The van der Waals surface area contributed by atoms with Crippen molar-refractivity contribution in [2.45, 2.75) is 0 Å². The number of nitro groups is 1. The first kappa shape index (κ1) is 16.7. The lowest BCUT2D eigenvalue weighted by Gasteiger charge is -2.09. The van der Waals surface area contributed by atoms with Gasteiger partial charge in [0.1, 0.15) is 5.01 Å². The van der Waals surface area contributed by atoms with Crippen LogP contribution in [0.4, 0.5) is 5.69 Å². The van der Waals surface area contributed by atoms with Crippen molar-refractivity contribution in [3.05, 3.63) is 51.0 Å². The molecule has 7 nitrogen and oxygen atoms in total. The number of hydrogen-bond acceptors (Lipinski definition) is 7. The number of fused-ring (bicyclic) bond motifs is 1. The molecule has 1 aromatic heterocycles. The maximum atomic E-state index is 10.8. The van der Waals surface area contributed by atoms with Gasteiger partial charge in [-0.15, -0.1) is 11.3 Å². The van der Waals surface area contributed by atoms with Crippen molar-refractivity contribution >= 4 is 39.4 Å². The van der Waals surface area contributed by atoms with Gasteiger partial charge < -0.3 is 14.6 Å². The molecule has 0 atom stereocenters. The molecule has 0 spiro atoms. The molecule has 0 radical (unpaired) electrons. The number of non-ortho nitro benzene ring substituents is 1. The first-order valence-corrected chi connectivity index (χ1v) is 8.01. The molecule has 128 valence electrons. The van der Waals surface area contributed by atoms with E-state index < -0.39 is 4.92 Å². The standard InChI is InChI=1S/C17H14N2O5S/c1-23-13-7-10(8-14(24-2)17(13)20)3-6-16-18-12-5-4-11(19(21)22)9-15(12)25-16/h3-9,20H,1-2H3/b6-3+. The lowest BCUT2D eigenvalue weighted by atomic mass is 10.1. The van der Waals surface area contributed by atoms with E-state index in [2.05, 4.69) is 4.98 Å². The van der Waals surface area contributed by atoms with E-state index in [-0.39, 0.29) is 11.4 Å². The first-order valence-electron chi connectivity index (χ1n) is 7.20. The molecule has 0 fully saturated rings. The average Bonchev–Trinajstić information content (AvgIpc) is 3.02. The summed E-state index contributed by atoms with van der Waals surface area (Å²) in [6.07, 6.45) is 3.60. The number of hydrogen-bond donors (Lipinski definition) is 1. The van der Waals surface area contributed by atoms with Crippen molar-refractivity contribution in [1.82, 2.24) is 4.98 Å². The smallest absolute Gasteiger partial charge is 0.270 e. The molecular formula is C17H14N2O5S. The Morgan fingerprint density at radius 3 is 2.44 bits per heavy atom. The Bertz CT molecular complexity index is 955. The van der Waals surface area contributed by atoms with Crippen LogP contribution in [0.1, 0.15) is 10.6 Å². The molecule has 0 bridgehead atoms. The monoisotopic (exact) mass is 358 g/mol. The van der Waals surface area contributed by atoms with Crippen LogP contribution in [0, 0.1) is 10.1 Å². The van der Waals surface area contributed by atoms with Crippen LogP contribution in [0.5, 0.6) is 17.2 Å². The van der Waals surface area contributed by atoms with E-state index in [1.54, 1.807) is 30.4 Å². The summed E-state index contributed by atoms with van der Waals surface area (Å²) >= 11 is 1.36. The molecule has 1 heterocycles. The largest absolute Gasteiger partial charge is 0.502 e. The second kappa shape index (κ2) is 6.78.